The smallest absolute Gasteiger partial charge is 0.278 e. The number of hydrogen-bond donors (Lipinski definition) is 1. The molecule has 0 aliphatic rings. The first-order valence-corrected chi connectivity index (χ1v) is 9.92. The highest BCUT2D eigenvalue weighted by Crippen LogP contribution is 2.26. The Hall–Kier alpha value is -3.19. The zero-order valence-corrected chi connectivity index (χ0v) is 17.3. The fourth-order valence-corrected chi connectivity index (χ4v) is 3.77. The molecule has 6 nitrogen and oxygen atoms in total. The van der Waals surface area contributed by atoms with Crippen molar-refractivity contribution in [3.8, 4) is 0 Å². The Bertz CT molecular complexity index is 1330. The Morgan fingerprint density at radius 3 is 2.73 bits per heavy atom. The van der Waals surface area contributed by atoms with Crippen molar-refractivity contribution in [1.82, 2.24) is 19.4 Å². The van der Waals surface area contributed by atoms with Crippen LogP contribution in [-0.2, 0) is 17.9 Å². The summed E-state index contributed by atoms with van der Waals surface area (Å²) in [6.45, 7) is 3.88. The number of nitrogens with one attached hydrogen (secondary N) is 1. The van der Waals surface area contributed by atoms with Crippen LogP contribution in [0.2, 0.25) is 5.02 Å². The Kier molecular flexibility index (Phi) is 5.30. The molecule has 2 aromatic carbocycles. The standard InChI is InChI=1S/C22H20ClFN4O2/c1-13(2)26-19(29)11-28-18-8-7-15(24)9-16(18)20-21(28)22(30)27(12-25-20)10-14-5-3-4-6-17(14)23/h3-9,12-13H,10-11H2,1-2H3,(H,26,29). The SMILES string of the molecule is CC(C)NC(=O)Cn1c2ccc(F)cc2c2ncn(Cc3ccccc3Cl)c(=O)c21. The molecule has 4 aromatic rings. The number of nitrogens with zero attached hydrogens (tertiary/aromatic N) is 3. The minimum atomic E-state index is -0.435. The van der Waals surface area contributed by atoms with E-state index in [2.05, 4.69) is 10.3 Å². The fourth-order valence-electron chi connectivity index (χ4n) is 3.57. The lowest BCUT2D eigenvalue weighted by molar-refractivity contribution is -0.122. The van der Waals surface area contributed by atoms with Crippen molar-refractivity contribution in [3.05, 3.63) is 75.5 Å². The molecule has 0 unspecified atom stereocenters. The number of halogens is 2. The predicted molar refractivity (Wildman–Crippen MR) is 115 cm³/mol. The number of benzene rings is 2. The van der Waals surface area contributed by atoms with Gasteiger partial charge in [0.15, 0.2) is 0 Å². The van der Waals surface area contributed by atoms with Gasteiger partial charge >= 0.3 is 0 Å². The van der Waals surface area contributed by atoms with E-state index in [1.165, 1.54) is 23.0 Å². The highest BCUT2D eigenvalue weighted by molar-refractivity contribution is 6.31. The second-order valence-electron chi connectivity index (χ2n) is 7.44. The minimum absolute atomic E-state index is 0.0435. The largest absolute Gasteiger partial charge is 0.352 e. The maximum absolute atomic E-state index is 13.9. The second-order valence-corrected chi connectivity index (χ2v) is 7.84. The number of carbonyl (C=O) groups is 1. The van der Waals surface area contributed by atoms with Crippen LogP contribution in [0.5, 0.6) is 0 Å². The molecule has 0 atom stereocenters. The maximum atomic E-state index is 13.9. The van der Waals surface area contributed by atoms with E-state index < -0.39 is 5.82 Å². The summed E-state index contributed by atoms with van der Waals surface area (Å²) < 4.78 is 16.9. The average molecular weight is 427 g/mol. The first-order valence-electron chi connectivity index (χ1n) is 9.55. The van der Waals surface area contributed by atoms with E-state index in [1.54, 1.807) is 16.7 Å². The second kappa shape index (κ2) is 7.91. The molecule has 0 saturated heterocycles. The third-order valence-corrected chi connectivity index (χ3v) is 5.21. The van der Waals surface area contributed by atoms with E-state index in [4.69, 9.17) is 11.6 Å². The van der Waals surface area contributed by atoms with E-state index >= 15 is 0 Å². The van der Waals surface area contributed by atoms with E-state index in [9.17, 15) is 14.0 Å². The summed E-state index contributed by atoms with van der Waals surface area (Å²) in [6.07, 6.45) is 1.43. The van der Waals surface area contributed by atoms with Gasteiger partial charge in [-0.2, -0.15) is 0 Å². The molecule has 154 valence electrons. The van der Waals surface area contributed by atoms with Crippen molar-refractivity contribution < 1.29 is 9.18 Å². The third-order valence-electron chi connectivity index (χ3n) is 4.84. The van der Waals surface area contributed by atoms with Gasteiger partial charge in [-0.3, -0.25) is 14.2 Å². The number of hydrogen-bond acceptors (Lipinski definition) is 3. The lowest BCUT2D eigenvalue weighted by Crippen LogP contribution is -2.34. The number of carbonyl (C=O) groups excluding carboxylic acids is 1. The summed E-state index contributed by atoms with van der Waals surface area (Å²) in [6, 6.07) is 11.4. The summed E-state index contributed by atoms with van der Waals surface area (Å²) in [5, 5.41) is 3.86. The molecule has 0 aliphatic heterocycles. The van der Waals surface area contributed by atoms with Crippen LogP contribution in [0.1, 0.15) is 19.4 Å². The molecule has 0 aliphatic carbocycles. The molecule has 30 heavy (non-hydrogen) atoms. The van der Waals surface area contributed by atoms with Gasteiger partial charge < -0.3 is 9.88 Å². The fraction of sp³-hybridized carbons (Fsp3) is 0.227. The van der Waals surface area contributed by atoms with Gasteiger partial charge in [0, 0.05) is 16.5 Å². The van der Waals surface area contributed by atoms with Gasteiger partial charge in [0.1, 0.15) is 23.4 Å². The molecule has 0 spiro atoms. The van der Waals surface area contributed by atoms with Crippen molar-refractivity contribution in [2.75, 3.05) is 0 Å². The van der Waals surface area contributed by atoms with Gasteiger partial charge in [0.05, 0.1) is 18.4 Å². The minimum Gasteiger partial charge on any atom is -0.352 e. The molecule has 0 saturated carbocycles. The van der Waals surface area contributed by atoms with Gasteiger partial charge in [-0.15, -0.1) is 0 Å². The average Bonchev–Trinajstić information content (AvgIpc) is 2.98. The molecular formula is C22H20ClFN4O2. The van der Waals surface area contributed by atoms with Crippen LogP contribution in [0.25, 0.3) is 21.9 Å². The Labute approximate surface area is 176 Å². The number of fused-ring (bicyclic) bond motifs is 3. The molecule has 0 fully saturated rings. The van der Waals surface area contributed by atoms with E-state index in [0.29, 0.717) is 21.4 Å². The topological polar surface area (TPSA) is 68.9 Å². The summed E-state index contributed by atoms with van der Waals surface area (Å²) in [5.74, 6) is -0.677. The van der Waals surface area contributed by atoms with Crippen LogP contribution in [0.3, 0.4) is 0 Å². The van der Waals surface area contributed by atoms with Gasteiger partial charge in [0.25, 0.3) is 5.56 Å². The van der Waals surface area contributed by atoms with Crippen LogP contribution in [0.15, 0.2) is 53.6 Å². The van der Waals surface area contributed by atoms with Gasteiger partial charge in [-0.1, -0.05) is 29.8 Å². The zero-order chi connectivity index (χ0) is 21.4. The van der Waals surface area contributed by atoms with Gasteiger partial charge in [-0.05, 0) is 43.7 Å². The molecular weight excluding hydrogens is 407 g/mol. The quantitative estimate of drug-likeness (QED) is 0.529. The summed E-state index contributed by atoms with van der Waals surface area (Å²) in [4.78, 5) is 30.2. The molecule has 4 rings (SSSR count). The van der Waals surface area contributed by atoms with Crippen LogP contribution in [0, 0.1) is 5.82 Å². The highest BCUT2D eigenvalue weighted by Gasteiger charge is 2.19. The lowest BCUT2D eigenvalue weighted by Gasteiger charge is -2.11. The third kappa shape index (κ3) is 3.68. The number of rotatable bonds is 5. The molecule has 2 aromatic heterocycles. The molecule has 0 bridgehead atoms. The Morgan fingerprint density at radius 1 is 1.23 bits per heavy atom. The van der Waals surface area contributed by atoms with Crippen molar-refractivity contribution in [2.45, 2.75) is 33.0 Å². The summed E-state index contributed by atoms with van der Waals surface area (Å²) in [7, 11) is 0. The van der Waals surface area contributed by atoms with E-state index in [-0.39, 0.29) is 36.1 Å². The van der Waals surface area contributed by atoms with Crippen LogP contribution in [-0.4, -0.2) is 26.1 Å². The first kappa shape index (κ1) is 20.1. The molecule has 1 N–H and O–H groups in total. The van der Waals surface area contributed by atoms with Gasteiger partial charge in [0.2, 0.25) is 5.91 Å². The zero-order valence-electron chi connectivity index (χ0n) is 16.5. The van der Waals surface area contributed by atoms with Gasteiger partial charge in [-0.25, -0.2) is 9.37 Å². The normalized spacial score (nSPS) is 11.5. The summed E-state index contributed by atoms with van der Waals surface area (Å²) >= 11 is 6.24. The van der Waals surface area contributed by atoms with Crippen LogP contribution >= 0.6 is 11.6 Å². The lowest BCUT2D eigenvalue weighted by atomic mass is 10.2. The first-order chi connectivity index (χ1) is 14.3. The Balaban J connectivity index is 1.91. The van der Waals surface area contributed by atoms with Crippen molar-refractivity contribution in [3.63, 3.8) is 0 Å². The molecule has 2 heterocycles. The van der Waals surface area contributed by atoms with Crippen LogP contribution in [0.4, 0.5) is 4.39 Å². The Morgan fingerprint density at radius 2 is 2.00 bits per heavy atom. The maximum Gasteiger partial charge on any atom is 0.278 e. The predicted octanol–water partition coefficient (Wildman–Crippen LogP) is 3.72. The van der Waals surface area contributed by atoms with E-state index in [1.807, 2.05) is 32.0 Å². The van der Waals surface area contributed by atoms with Crippen LogP contribution < -0.4 is 10.9 Å². The van der Waals surface area contributed by atoms with Crippen molar-refractivity contribution >= 4 is 39.4 Å². The molecule has 8 heteroatoms. The van der Waals surface area contributed by atoms with Crippen molar-refractivity contribution in [2.24, 2.45) is 0 Å². The summed E-state index contributed by atoms with van der Waals surface area (Å²) in [5.41, 5.74) is 1.64. The molecule has 0 radical (unpaired) electrons. The highest BCUT2D eigenvalue weighted by atomic mass is 35.5. The van der Waals surface area contributed by atoms with Crippen molar-refractivity contribution in [1.29, 1.82) is 0 Å². The monoisotopic (exact) mass is 426 g/mol. The number of aromatic nitrogens is 3. The van der Waals surface area contributed by atoms with E-state index in [0.717, 1.165) is 5.56 Å². The molecule has 1 amide bonds. The number of amides is 1.